The number of rotatable bonds is 9. The van der Waals surface area contributed by atoms with E-state index in [-0.39, 0.29) is 5.91 Å². The zero-order valence-corrected chi connectivity index (χ0v) is 23.1. The zero-order valence-electron chi connectivity index (χ0n) is 22.3. The van der Waals surface area contributed by atoms with Crippen molar-refractivity contribution in [3.8, 4) is 22.1 Å². The molecule has 0 spiro atoms. The van der Waals surface area contributed by atoms with Crippen LogP contribution in [0.1, 0.15) is 26.3 Å². The summed E-state index contributed by atoms with van der Waals surface area (Å²) >= 11 is 1.25. The number of methoxy groups -OCH3 is 1. The van der Waals surface area contributed by atoms with E-state index in [1.165, 1.54) is 17.4 Å². The summed E-state index contributed by atoms with van der Waals surface area (Å²) in [5, 5.41) is 14.7. The number of aromatic nitrogens is 2. The molecule has 0 saturated carbocycles. The van der Waals surface area contributed by atoms with Gasteiger partial charge in [0.1, 0.15) is 16.5 Å². The lowest BCUT2D eigenvalue weighted by molar-refractivity contribution is -0.111. The number of benzene rings is 4. The van der Waals surface area contributed by atoms with Crippen molar-refractivity contribution in [2.24, 2.45) is 0 Å². The van der Waals surface area contributed by atoms with Crippen molar-refractivity contribution in [1.82, 2.24) is 10.2 Å². The van der Waals surface area contributed by atoms with Gasteiger partial charge in [0.2, 0.25) is 11.0 Å². The molecule has 1 heterocycles. The maximum Gasteiger partial charge on any atom is 0.343 e. The Morgan fingerprint density at radius 3 is 2.21 bits per heavy atom. The molecule has 0 aliphatic heterocycles. The van der Waals surface area contributed by atoms with Crippen molar-refractivity contribution < 1.29 is 23.9 Å². The van der Waals surface area contributed by atoms with Gasteiger partial charge >= 0.3 is 5.97 Å². The van der Waals surface area contributed by atoms with Crippen LogP contribution in [0, 0.1) is 0 Å². The van der Waals surface area contributed by atoms with Gasteiger partial charge in [0, 0.05) is 28.5 Å². The Morgan fingerprint density at radius 2 is 1.48 bits per heavy atom. The summed E-state index contributed by atoms with van der Waals surface area (Å²) in [6.45, 7) is 0. The molecule has 9 nitrogen and oxygen atoms in total. The molecule has 0 saturated heterocycles. The third-order valence-corrected chi connectivity index (χ3v) is 6.83. The van der Waals surface area contributed by atoms with Crippen LogP contribution >= 0.6 is 11.3 Å². The van der Waals surface area contributed by atoms with Gasteiger partial charge in [-0.3, -0.25) is 14.9 Å². The second kappa shape index (κ2) is 13.2. The molecule has 208 valence electrons. The fourth-order valence-electron chi connectivity index (χ4n) is 3.79. The summed E-state index contributed by atoms with van der Waals surface area (Å²) in [7, 11) is 1.60. The summed E-state index contributed by atoms with van der Waals surface area (Å²) in [5.74, 6) is -0.172. The van der Waals surface area contributed by atoms with Gasteiger partial charge in [-0.05, 0) is 72.8 Å². The third-order valence-electron chi connectivity index (χ3n) is 5.94. The molecule has 5 aromatic rings. The number of para-hydroxylation sites is 1. The smallest absolute Gasteiger partial charge is 0.343 e. The van der Waals surface area contributed by atoms with E-state index < -0.39 is 11.9 Å². The average molecular weight is 577 g/mol. The number of carbonyl (C=O) groups is 3. The maximum atomic E-state index is 12.7. The molecular weight excluding hydrogens is 552 g/mol. The van der Waals surface area contributed by atoms with Crippen molar-refractivity contribution in [2.75, 3.05) is 17.7 Å². The highest BCUT2D eigenvalue weighted by molar-refractivity contribution is 7.18. The molecule has 0 unspecified atom stereocenters. The van der Waals surface area contributed by atoms with E-state index in [4.69, 9.17) is 9.47 Å². The molecule has 5 rings (SSSR count). The molecule has 1 aromatic heterocycles. The van der Waals surface area contributed by atoms with Crippen molar-refractivity contribution in [3.05, 3.63) is 126 Å². The largest absolute Gasteiger partial charge is 0.497 e. The Morgan fingerprint density at radius 1 is 0.762 bits per heavy atom. The summed E-state index contributed by atoms with van der Waals surface area (Å²) in [5.41, 5.74) is 2.74. The third kappa shape index (κ3) is 7.12. The SMILES string of the molecule is COc1ccc(-c2nnc(NC(=O)c3ccc(NC(=O)/C=C/c4ccccc4OC(=O)c4ccccc4)cc3)s2)cc1. The highest BCUT2D eigenvalue weighted by Gasteiger charge is 2.13. The first-order valence-corrected chi connectivity index (χ1v) is 13.5. The van der Waals surface area contributed by atoms with E-state index in [1.807, 2.05) is 30.3 Å². The van der Waals surface area contributed by atoms with Gasteiger partial charge in [-0.15, -0.1) is 10.2 Å². The molecule has 0 aliphatic rings. The first kappa shape index (κ1) is 27.9. The van der Waals surface area contributed by atoms with Crippen LogP contribution in [0.4, 0.5) is 10.8 Å². The van der Waals surface area contributed by atoms with Crippen molar-refractivity contribution in [3.63, 3.8) is 0 Å². The Hall–Kier alpha value is -5.61. The average Bonchev–Trinajstić information content (AvgIpc) is 3.50. The summed E-state index contributed by atoms with van der Waals surface area (Å²) in [6.07, 6.45) is 2.90. The van der Waals surface area contributed by atoms with Crippen LogP contribution in [0.25, 0.3) is 16.6 Å². The van der Waals surface area contributed by atoms with E-state index in [1.54, 1.807) is 86.0 Å². The van der Waals surface area contributed by atoms with Gasteiger partial charge in [0.15, 0.2) is 0 Å². The Bertz CT molecular complexity index is 1730. The van der Waals surface area contributed by atoms with Gasteiger partial charge in [-0.25, -0.2) is 4.79 Å². The van der Waals surface area contributed by atoms with Crippen LogP contribution < -0.4 is 20.1 Å². The van der Waals surface area contributed by atoms with Crippen LogP contribution in [0.5, 0.6) is 11.5 Å². The molecule has 0 fully saturated rings. The van der Waals surface area contributed by atoms with Gasteiger partial charge in [0.05, 0.1) is 12.7 Å². The quantitative estimate of drug-likeness (QED) is 0.119. The molecule has 2 N–H and O–H groups in total. The first-order valence-electron chi connectivity index (χ1n) is 12.7. The fourth-order valence-corrected chi connectivity index (χ4v) is 4.54. The first-order chi connectivity index (χ1) is 20.5. The zero-order chi connectivity index (χ0) is 29.3. The molecule has 2 amide bonds. The number of hydrogen-bond donors (Lipinski definition) is 2. The molecule has 4 aromatic carbocycles. The van der Waals surface area contributed by atoms with Crippen molar-refractivity contribution >= 4 is 46.0 Å². The normalized spacial score (nSPS) is 10.7. The van der Waals surface area contributed by atoms with Gasteiger partial charge in [-0.1, -0.05) is 47.7 Å². The highest BCUT2D eigenvalue weighted by atomic mass is 32.1. The topological polar surface area (TPSA) is 120 Å². The standard InChI is InChI=1S/C32H24N4O5S/c1-40-26-18-13-23(14-19-26)30-35-36-32(42-30)34-29(38)22-11-16-25(17-12-22)33-28(37)20-15-21-7-5-6-10-27(21)41-31(39)24-8-3-2-4-9-24/h2-20H,1H3,(H,33,37)(H,34,36,38)/b20-15+. The molecule has 0 aliphatic carbocycles. The lowest BCUT2D eigenvalue weighted by atomic mass is 10.1. The molecule has 0 atom stereocenters. The number of nitrogens with one attached hydrogen (secondary N) is 2. The molecule has 0 bridgehead atoms. The fraction of sp³-hybridized carbons (Fsp3) is 0.0312. The van der Waals surface area contributed by atoms with E-state index in [2.05, 4.69) is 20.8 Å². The molecule has 42 heavy (non-hydrogen) atoms. The summed E-state index contributed by atoms with van der Waals surface area (Å²) in [4.78, 5) is 37.7. The number of carbonyl (C=O) groups excluding carboxylic acids is 3. The lowest BCUT2D eigenvalue weighted by Gasteiger charge is -2.07. The van der Waals surface area contributed by atoms with Gasteiger partial charge in [-0.2, -0.15) is 0 Å². The van der Waals surface area contributed by atoms with Gasteiger partial charge in [0.25, 0.3) is 5.91 Å². The predicted molar refractivity (Wildman–Crippen MR) is 162 cm³/mol. The summed E-state index contributed by atoms with van der Waals surface area (Å²) in [6, 6.07) is 29.4. The summed E-state index contributed by atoms with van der Waals surface area (Å²) < 4.78 is 10.7. The van der Waals surface area contributed by atoms with Crippen molar-refractivity contribution in [2.45, 2.75) is 0 Å². The number of amides is 2. The minimum absolute atomic E-state index is 0.331. The van der Waals surface area contributed by atoms with Crippen LogP contribution in [-0.2, 0) is 4.79 Å². The second-order valence-electron chi connectivity index (χ2n) is 8.79. The van der Waals surface area contributed by atoms with Crippen LogP contribution in [0.15, 0.2) is 109 Å². The number of esters is 1. The second-order valence-corrected chi connectivity index (χ2v) is 9.77. The monoisotopic (exact) mass is 576 g/mol. The minimum atomic E-state index is -0.492. The Balaban J connectivity index is 1.16. The van der Waals surface area contributed by atoms with E-state index >= 15 is 0 Å². The number of hydrogen-bond acceptors (Lipinski definition) is 8. The van der Waals surface area contributed by atoms with Crippen LogP contribution in [0.3, 0.4) is 0 Å². The molecule has 0 radical (unpaired) electrons. The van der Waals surface area contributed by atoms with E-state index in [0.717, 1.165) is 11.3 Å². The predicted octanol–water partition coefficient (Wildman–Crippen LogP) is 6.34. The van der Waals surface area contributed by atoms with Crippen LogP contribution in [-0.4, -0.2) is 35.1 Å². The Labute approximate surface area is 245 Å². The highest BCUT2D eigenvalue weighted by Crippen LogP contribution is 2.28. The Kier molecular flexibility index (Phi) is 8.76. The van der Waals surface area contributed by atoms with Gasteiger partial charge < -0.3 is 14.8 Å². The maximum absolute atomic E-state index is 12.7. The van der Waals surface area contributed by atoms with Crippen LogP contribution in [0.2, 0.25) is 0 Å². The van der Waals surface area contributed by atoms with Crippen molar-refractivity contribution in [1.29, 1.82) is 0 Å². The number of nitrogens with zero attached hydrogens (tertiary/aromatic N) is 2. The molecular formula is C32H24N4O5S. The van der Waals surface area contributed by atoms with E-state index in [0.29, 0.717) is 38.3 Å². The number of anilines is 2. The number of ether oxygens (including phenoxy) is 2. The molecule has 10 heteroatoms. The lowest BCUT2D eigenvalue weighted by Crippen LogP contribution is -2.12. The minimum Gasteiger partial charge on any atom is -0.497 e. The van der Waals surface area contributed by atoms with E-state index in [9.17, 15) is 14.4 Å².